The minimum atomic E-state index is -0.814. The molecular formula is C77H122O6. The van der Waals surface area contributed by atoms with E-state index in [4.69, 9.17) is 14.2 Å². The number of hydrogen-bond donors (Lipinski definition) is 0. The summed E-state index contributed by atoms with van der Waals surface area (Å²) in [7, 11) is 0. The number of esters is 3. The third kappa shape index (κ3) is 67.4. The number of allylic oxidation sites excluding steroid dienone is 28. The smallest absolute Gasteiger partial charge is 0.306 e. The van der Waals surface area contributed by atoms with E-state index in [1.165, 1.54) is 51.4 Å². The fraction of sp³-hybridized carbons (Fsp3) is 0.597. The Kier molecular flexibility index (Phi) is 64.9. The molecule has 1 unspecified atom stereocenters. The normalized spacial score (nSPS) is 13.2. The van der Waals surface area contributed by atoms with Gasteiger partial charge in [0.15, 0.2) is 6.10 Å². The van der Waals surface area contributed by atoms with Crippen molar-refractivity contribution < 1.29 is 28.6 Å². The fourth-order valence-electron chi connectivity index (χ4n) is 8.71. The first-order valence-electron chi connectivity index (χ1n) is 33.6. The highest BCUT2D eigenvalue weighted by Gasteiger charge is 2.19. The van der Waals surface area contributed by atoms with E-state index in [2.05, 4.69) is 191 Å². The Bertz CT molecular complexity index is 1890. The number of ether oxygens (including phenoxy) is 3. The van der Waals surface area contributed by atoms with Crippen LogP contribution in [0.25, 0.3) is 0 Å². The first-order valence-corrected chi connectivity index (χ1v) is 33.6. The summed E-state index contributed by atoms with van der Waals surface area (Å²) in [6, 6.07) is 0. The van der Waals surface area contributed by atoms with Crippen molar-refractivity contribution in [3.63, 3.8) is 0 Å². The van der Waals surface area contributed by atoms with Gasteiger partial charge in [0.05, 0.1) is 0 Å². The molecule has 466 valence electrons. The van der Waals surface area contributed by atoms with E-state index in [9.17, 15) is 14.4 Å². The van der Waals surface area contributed by atoms with Crippen LogP contribution in [-0.4, -0.2) is 37.2 Å². The van der Waals surface area contributed by atoms with E-state index in [1.807, 2.05) is 0 Å². The van der Waals surface area contributed by atoms with Crippen LogP contribution >= 0.6 is 0 Å². The molecule has 0 aromatic carbocycles. The van der Waals surface area contributed by atoms with Crippen LogP contribution in [0.5, 0.6) is 0 Å². The molecular weight excluding hydrogens is 1020 g/mol. The van der Waals surface area contributed by atoms with Gasteiger partial charge in [-0.3, -0.25) is 14.4 Å². The van der Waals surface area contributed by atoms with Crippen LogP contribution in [-0.2, 0) is 28.6 Å². The van der Waals surface area contributed by atoms with E-state index >= 15 is 0 Å². The third-order valence-electron chi connectivity index (χ3n) is 13.7. The minimum Gasteiger partial charge on any atom is -0.462 e. The molecule has 0 saturated heterocycles. The lowest BCUT2D eigenvalue weighted by Crippen LogP contribution is -2.30. The van der Waals surface area contributed by atoms with Crippen LogP contribution in [0.2, 0.25) is 0 Å². The second-order valence-electron chi connectivity index (χ2n) is 21.6. The average molecular weight is 1140 g/mol. The summed E-state index contributed by atoms with van der Waals surface area (Å²) in [6.07, 6.45) is 102. The van der Waals surface area contributed by atoms with Gasteiger partial charge in [0.2, 0.25) is 0 Å². The lowest BCUT2D eigenvalue weighted by atomic mass is 10.1. The van der Waals surface area contributed by atoms with E-state index in [0.717, 1.165) is 186 Å². The lowest BCUT2D eigenvalue weighted by Gasteiger charge is -2.18. The standard InChI is InChI=1S/C77H122O6/c1-4-7-10-13-16-19-22-25-28-30-32-34-35-36-37-38-39-40-41-43-44-46-49-52-55-58-61-64-67-70-76(79)82-73-74(72-81-75(78)69-66-63-60-57-54-51-48-27-24-21-18-15-12-9-6-3)83-77(80)71-68-65-62-59-56-53-50-47-45-42-33-31-29-26-23-20-17-14-11-8-5-2/h7,9-10,12,16,18-19,21,23,25-28,31-34,36-37,39-40,43-45,47-49,52,74H,4-6,8,11,13-15,17,20,22,24,29-30,35,38,41-42,46,50-51,53-73H2,1-3H3/b10-7-,12-9-,19-16-,21-18-,26-23-,28-25-,33-31-,34-32-,37-36-,40-39-,44-43-,47-45-,48-27-,52-49-. The van der Waals surface area contributed by atoms with Crippen molar-refractivity contribution in [1.82, 2.24) is 0 Å². The number of rotatable bonds is 59. The zero-order chi connectivity index (χ0) is 59.9. The zero-order valence-corrected chi connectivity index (χ0v) is 53.4. The average Bonchev–Trinajstić information content (AvgIpc) is 3.49. The Morgan fingerprint density at radius 2 is 0.470 bits per heavy atom. The summed E-state index contributed by atoms with van der Waals surface area (Å²) in [4.78, 5) is 38.4. The lowest BCUT2D eigenvalue weighted by molar-refractivity contribution is -0.167. The van der Waals surface area contributed by atoms with Crippen molar-refractivity contribution >= 4 is 17.9 Å². The van der Waals surface area contributed by atoms with Gasteiger partial charge in [0.1, 0.15) is 13.2 Å². The highest BCUT2D eigenvalue weighted by molar-refractivity contribution is 5.71. The van der Waals surface area contributed by atoms with Gasteiger partial charge in [-0.2, -0.15) is 0 Å². The summed E-state index contributed by atoms with van der Waals surface area (Å²) in [5.74, 6) is -0.964. The molecule has 0 aliphatic rings. The molecule has 0 spiro atoms. The predicted molar refractivity (Wildman–Crippen MR) is 361 cm³/mol. The van der Waals surface area contributed by atoms with Crippen molar-refractivity contribution in [1.29, 1.82) is 0 Å². The van der Waals surface area contributed by atoms with E-state index < -0.39 is 6.10 Å². The van der Waals surface area contributed by atoms with E-state index in [-0.39, 0.29) is 31.1 Å². The molecule has 0 aromatic rings. The maximum absolute atomic E-state index is 12.9. The van der Waals surface area contributed by atoms with Crippen molar-refractivity contribution in [3.05, 3.63) is 170 Å². The summed E-state index contributed by atoms with van der Waals surface area (Å²) >= 11 is 0. The molecule has 0 N–H and O–H groups in total. The Morgan fingerprint density at radius 1 is 0.253 bits per heavy atom. The van der Waals surface area contributed by atoms with Gasteiger partial charge in [-0.25, -0.2) is 0 Å². The zero-order valence-electron chi connectivity index (χ0n) is 53.4. The summed E-state index contributed by atoms with van der Waals surface area (Å²) in [6.45, 7) is 6.36. The first-order chi connectivity index (χ1) is 41.0. The third-order valence-corrected chi connectivity index (χ3v) is 13.7. The molecule has 0 heterocycles. The van der Waals surface area contributed by atoms with Crippen molar-refractivity contribution in [2.45, 2.75) is 284 Å². The molecule has 0 saturated carbocycles. The maximum atomic E-state index is 12.9. The Morgan fingerprint density at radius 3 is 0.735 bits per heavy atom. The molecule has 0 aromatic heterocycles. The molecule has 0 aliphatic heterocycles. The second kappa shape index (κ2) is 69.3. The van der Waals surface area contributed by atoms with Gasteiger partial charge in [0.25, 0.3) is 0 Å². The van der Waals surface area contributed by atoms with E-state index in [0.29, 0.717) is 19.3 Å². The molecule has 0 fully saturated rings. The quantitative estimate of drug-likeness (QED) is 0.0261. The Balaban J connectivity index is 4.48. The topological polar surface area (TPSA) is 78.9 Å². The number of unbranched alkanes of at least 4 members (excludes halogenated alkanes) is 20. The van der Waals surface area contributed by atoms with Gasteiger partial charge in [-0.15, -0.1) is 0 Å². The van der Waals surface area contributed by atoms with Crippen molar-refractivity contribution in [2.24, 2.45) is 0 Å². The fourth-order valence-corrected chi connectivity index (χ4v) is 8.71. The maximum Gasteiger partial charge on any atom is 0.306 e. The Labute approximate surface area is 511 Å². The molecule has 0 amide bonds. The SMILES string of the molecule is CC/C=C\C/C=C\C/C=C\C/C=C\C/C=C\C/C=C\C/C=C\C/C=C\CCCCCCC(=O)OCC(COC(=O)CCCCCCC/C=C\C/C=C\C/C=C\CC)OC(=O)CCCCCCCC/C=C\C/C=C\C/C=C\CCCCCCC. The van der Waals surface area contributed by atoms with E-state index in [1.54, 1.807) is 0 Å². The van der Waals surface area contributed by atoms with Crippen LogP contribution in [0.15, 0.2) is 170 Å². The van der Waals surface area contributed by atoms with Crippen LogP contribution in [0.4, 0.5) is 0 Å². The van der Waals surface area contributed by atoms with Crippen LogP contribution in [0.1, 0.15) is 278 Å². The first kappa shape index (κ1) is 77.8. The molecule has 0 aliphatic carbocycles. The largest absolute Gasteiger partial charge is 0.462 e. The summed E-state index contributed by atoms with van der Waals surface area (Å²) in [5.41, 5.74) is 0. The monoisotopic (exact) mass is 1140 g/mol. The number of hydrogen-bond acceptors (Lipinski definition) is 6. The molecule has 0 radical (unpaired) electrons. The predicted octanol–water partition coefficient (Wildman–Crippen LogP) is 23.4. The summed E-state index contributed by atoms with van der Waals surface area (Å²) < 4.78 is 16.9. The van der Waals surface area contributed by atoms with Crippen LogP contribution in [0.3, 0.4) is 0 Å². The molecule has 6 nitrogen and oxygen atoms in total. The van der Waals surface area contributed by atoms with Gasteiger partial charge in [0, 0.05) is 19.3 Å². The second-order valence-corrected chi connectivity index (χ2v) is 21.6. The van der Waals surface area contributed by atoms with Gasteiger partial charge >= 0.3 is 17.9 Å². The van der Waals surface area contributed by atoms with Crippen LogP contribution < -0.4 is 0 Å². The van der Waals surface area contributed by atoms with Crippen molar-refractivity contribution in [3.8, 4) is 0 Å². The molecule has 83 heavy (non-hydrogen) atoms. The highest BCUT2D eigenvalue weighted by Crippen LogP contribution is 2.14. The molecule has 0 rings (SSSR count). The minimum absolute atomic E-state index is 0.108. The van der Waals surface area contributed by atoms with Gasteiger partial charge in [-0.1, -0.05) is 274 Å². The number of carbonyl (C=O) groups excluding carboxylic acids is 3. The number of carbonyl (C=O) groups is 3. The Hall–Kier alpha value is -5.23. The summed E-state index contributed by atoms with van der Waals surface area (Å²) in [5, 5.41) is 0. The van der Waals surface area contributed by atoms with Gasteiger partial charge in [-0.05, 0) is 154 Å². The molecule has 1 atom stereocenters. The van der Waals surface area contributed by atoms with Crippen molar-refractivity contribution in [2.75, 3.05) is 13.2 Å². The molecule has 6 heteroatoms. The molecule has 0 bridgehead atoms. The highest BCUT2D eigenvalue weighted by atomic mass is 16.6. The van der Waals surface area contributed by atoms with Gasteiger partial charge < -0.3 is 14.2 Å². The van der Waals surface area contributed by atoms with Crippen LogP contribution in [0, 0.1) is 0 Å².